The van der Waals surface area contributed by atoms with Gasteiger partial charge in [0.25, 0.3) is 0 Å². The predicted molar refractivity (Wildman–Crippen MR) is 74.0 cm³/mol. The number of hydrogen-bond acceptors (Lipinski definition) is 4. The van der Waals surface area contributed by atoms with Crippen molar-refractivity contribution in [3.05, 3.63) is 17.5 Å². The average molecular weight is 276 g/mol. The van der Waals surface area contributed by atoms with Crippen LogP contribution in [0.5, 0.6) is 0 Å². The third-order valence-electron chi connectivity index (χ3n) is 2.80. The average Bonchev–Trinajstić information content (AvgIpc) is 2.81. The highest BCUT2D eigenvalue weighted by Gasteiger charge is 2.23. The monoisotopic (exact) mass is 275 g/mol. The summed E-state index contributed by atoms with van der Waals surface area (Å²) < 4.78 is 0. The van der Waals surface area contributed by atoms with Crippen LogP contribution in [0.2, 0.25) is 0 Å². The van der Waals surface area contributed by atoms with Gasteiger partial charge in [0, 0.05) is 26.2 Å². The number of hydrogen-bond donors (Lipinski definition) is 1. The lowest BCUT2D eigenvalue weighted by Gasteiger charge is -2.36. The lowest BCUT2D eigenvalue weighted by Crippen LogP contribution is -2.52. The molecule has 0 radical (unpaired) electrons. The normalized spacial score (nSPS) is 17.5. The van der Waals surface area contributed by atoms with Gasteiger partial charge in [0.05, 0.1) is 11.0 Å². The van der Waals surface area contributed by atoms with E-state index in [-0.39, 0.29) is 24.4 Å². The van der Waals surface area contributed by atoms with Crippen LogP contribution >= 0.6 is 23.7 Å². The Kier molecular flexibility index (Phi) is 5.24. The quantitative estimate of drug-likeness (QED) is 0.881. The number of carbonyl (C=O) groups excluding carboxylic acids is 1. The van der Waals surface area contributed by atoms with Crippen molar-refractivity contribution in [2.75, 3.05) is 31.1 Å². The third kappa shape index (κ3) is 3.34. The van der Waals surface area contributed by atoms with Crippen LogP contribution in [0, 0.1) is 0 Å². The van der Waals surface area contributed by atoms with Gasteiger partial charge in [-0.15, -0.1) is 23.7 Å². The van der Waals surface area contributed by atoms with Gasteiger partial charge in [0.15, 0.2) is 0 Å². The first kappa shape index (κ1) is 14.3. The fraction of sp³-hybridized carbons (Fsp3) is 0.545. The van der Waals surface area contributed by atoms with Gasteiger partial charge in [0.2, 0.25) is 5.91 Å². The van der Waals surface area contributed by atoms with Gasteiger partial charge in [-0.1, -0.05) is 0 Å². The molecule has 1 amide bonds. The van der Waals surface area contributed by atoms with E-state index in [2.05, 4.69) is 22.4 Å². The second-order valence-corrected chi connectivity index (χ2v) is 4.98. The minimum absolute atomic E-state index is 0. The van der Waals surface area contributed by atoms with Crippen molar-refractivity contribution in [2.24, 2.45) is 5.73 Å². The van der Waals surface area contributed by atoms with Crippen LogP contribution in [0.15, 0.2) is 17.5 Å². The zero-order valence-corrected chi connectivity index (χ0v) is 11.5. The Morgan fingerprint density at radius 2 is 2.06 bits per heavy atom. The number of nitrogens with two attached hydrogens (primary N) is 1. The molecule has 17 heavy (non-hydrogen) atoms. The first-order valence-electron chi connectivity index (χ1n) is 5.51. The van der Waals surface area contributed by atoms with Gasteiger partial charge in [-0.05, 0) is 24.4 Å². The molecule has 0 spiro atoms. The van der Waals surface area contributed by atoms with Crippen LogP contribution < -0.4 is 10.6 Å². The molecule has 2 N–H and O–H groups in total. The summed E-state index contributed by atoms with van der Waals surface area (Å²) in [6.07, 6.45) is 0. The van der Waals surface area contributed by atoms with Gasteiger partial charge in [0.1, 0.15) is 0 Å². The van der Waals surface area contributed by atoms with Crippen LogP contribution in [0.3, 0.4) is 0 Å². The first-order chi connectivity index (χ1) is 7.68. The number of amides is 1. The SMILES string of the molecule is CC(N)C(=O)N1CCN(c2cccs2)CC1.Cl. The van der Waals surface area contributed by atoms with Crippen molar-refractivity contribution in [3.8, 4) is 0 Å². The minimum Gasteiger partial charge on any atom is -0.360 e. The summed E-state index contributed by atoms with van der Waals surface area (Å²) in [5.74, 6) is 0.0610. The van der Waals surface area contributed by atoms with Crippen molar-refractivity contribution < 1.29 is 4.79 Å². The highest BCUT2D eigenvalue weighted by atomic mass is 35.5. The molecule has 0 saturated carbocycles. The minimum atomic E-state index is -0.381. The largest absolute Gasteiger partial charge is 0.360 e. The number of anilines is 1. The second-order valence-electron chi connectivity index (χ2n) is 4.05. The number of thiophene rings is 1. The van der Waals surface area contributed by atoms with Crippen LogP contribution in [0.1, 0.15) is 6.92 Å². The first-order valence-corrected chi connectivity index (χ1v) is 6.39. The molecule has 1 aromatic rings. The molecule has 0 aliphatic carbocycles. The molecular formula is C11H18ClN3OS. The zero-order chi connectivity index (χ0) is 11.5. The number of rotatable bonds is 2. The van der Waals surface area contributed by atoms with Crippen LogP contribution in [-0.2, 0) is 4.79 Å². The molecule has 1 saturated heterocycles. The molecule has 1 fully saturated rings. The maximum atomic E-state index is 11.7. The van der Waals surface area contributed by atoms with E-state index < -0.39 is 0 Å². The Bertz CT molecular complexity index is 348. The molecule has 4 nitrogen and oxygen atoms in total. The number of piperazine rings is 1. The van der Waals surface area contributed by atoms with E-state index in [0.717, 1.165) is 26.2 Å². The number of nitrogens with zero attached hydrogens (tertiary/aromatic N) is 2. The molecule has 1 aliphatic heterocycles. The van der Waals surface area contributed by atoms with Crippen LogP contribution in [0.4, 0.5) is 5.00 Å². The second kappa shape index (κ2) is 6.23. The van der Waals surface area contributed by atoms with Gasteiger partial charge in [-0.3, -0.25) is 4.79 Å². The maximum Gasteiger partial charge on any atom is 0.239 e. The molecule has 96 valence electrons. The highest BCUT2D eigenvalue weighted by Crippen LogP contribution is 2.22. The standard InChI is InChI=1S/C11H17N3OS.ClH/c1-9(12)11(15)14-6-4-13(5-7-14)10-3-2-8-16-10;/h2-3,8-9H,4-7,12H2,1H3;1H. The predicted octanol–water partition coefficient (Wildman–Crippen LogP) is 1.17. The molecule has 1 atom stereocenters. The van der Waals surface area contributed by atoms with Crippen LogP contribution in [-0.4, -0.2) is 43.0 Å². The summed E-state index contributed by atoms with van der Waals surface area (Å²) in [6, 6.07) is 3.79. The summed E-state index contributed by atoms with van der Waals surface area (Å²) in [5.41, 5.74) is 5.59. The van der Waals surface area contributed by atoms with E-state index in [9.17, 15) is 4.79 Å². The van der Waals surface area contributed by atoms with Crippen molar-refractivity contribution in [1.82, 2.24) is 4.90 Å². The fourth-order valence-corrected chi connectivity index (χ4v) is 2.67. The Morgan fingerprint density at radius 3 is 2.53 bits per heavy atom. The summed E-state index contributed by atoms with van der Waals surface area (Å²) in [4.78, 5) is 15.8. The zero-order valence-electron chi connectivity index (χ0n) is 9.83. The van der Waals surface area contributed by atoms with Gasteiger partial charge < -0.3 is 15.5 Å². The molecule has 2 heterocycles. The topological polar surface area (TPSA) is 49.6 Å². The van der Waals surface area contributed by atoms with E-state index >= 15 is 0 Å². The highest BCUT2D eigenvalue weighted by molar-refractivity contribution is 7.14. The Morgan fingerprint density at radius 1 is 1.41 bits per heavy atom. The van der Waals surface area contributed by atoms with Gasteiger partial charge >= 0.3 is 0 Å². The lowest BCUT2D eigenvalue weighted by atomic mass is 10.2. The summed E-state index contributed by atoms with van der Waals surface area (Å²) in [7, 11) is 0. The van der Waals surface area contributed by atoms with Gasteiger partial charge in [-0.25, -0.2) is 0 Å². The Labute approximate surface area is 112 Å². The van der Waals surface area contributed by atoms with E-state index in [1.54, 1.807) is 18.3 Å². The van der Waals surface area contributed by atoms with E-state index in [0.29, 0.717) is 0 Å². The summed E-state index contributed by atoms with van der Waals surface area (Å²) >= 11 is 1.74. The fourth-order valence-electron chi connectivity index (χ4n) is 1.89. The molecule has 6 heteroatoms. The molecule has 0 bridgehead atoms. The molecule has 1 unspecified atom stereocenters. The van der Waals surface area contributed by atoms with E-state index in [1.165, 1.54) is 5.00 Å². The van der Waals surface area contributed by atoms with Gasteiger partial charge in [-0.2, -0.15) is 0 Å². The van der Waals surface area contributed by atoms with Crippen molar-refractivity contribution in [1.29, 1.82) is 0 Å². The van der Waals surface area contributed by atoms with Crippen molar-refractivity contribution in [3.63, 3.8) is 0 Å². The van der Waals surface area contributed by atoms with Crippen molar-refractivity contribution >= 4 is 34.7 Å². The lowest BCUT2D eigenvalue weighted by molar-refractivity contribution is -0.132. The molecule has 0 aromatic carbocycles. The smallest absolute Gasteiger partial charge is 0.239 e. The van der Waals surface area contributed by atoms with E-state index in [4.69, 9.17) is 5.73 Å². The summed E-state index contributed by atoms with van der Waals surface area (Å²) in [5, 5.41) is 3.36. The molecular weight excluding hydrogens is 258 g/mol. The number of carbonyl (C=O) groups is 1. The molecule has 2 rings (SSSR count). The summed E-state index contributed by atoms with van der Waals surface area (Å²) in [6.45, 7) is 5.10. The Balaban J connectivity index is 0.00000144. The number of halogens is 1. The van der Waals surface area contributed by atoms with Crippen molar-refractivity contribution in [2.45, 2.75) is 13.0 Å². The third-order valence-corrected chi connectivity index (χ3v) is 3.73. The maximum absolute atomic E-state index is 11.7. The van der Waals surface area contributed by atoms with Crippen LogP contribution in [0.25, 0.3) is 0 Å². The molecule has 1 aliphatic rings. The van der Waals surface area contributed by atoms with E-state index in [1.807, 2.05) is 4.90 Å². The molecule has 1 aromatic heterocycles. The Hall–Kier alpha value is -0.780.